The Morgan fingerprint density at radius 1 is 1.00 bits per heavy atom. The maximum absolute atomic E-state index is 13.6. The van der Waals surface area contributed by atoms with Crippen LogP contribution in [0.3, 0.4) is 0 Å². The second kappa shape index (κ2) is 10.9. The van der Waals surface area contributed by atoms with Gasteiger partial charge in [-0.1, -0.05) is 30.3 Å². The lowest BCUT2D eigenvalue weighted by molar-refractivity contribution is -0.133. The highest BCUT2D eigenvalue weighted by atomic mass is 127. The van der Waals surface area contributed by atoms with Gasteiger partial charge in [0.15, 0.2) is 5.78 Å². The van der Waals surface area contributed by atoms with Gasteiger partial charge in [-0.15, -0.1) is 0 Å². The van der Waals surface area contributed by atoms with E-state index in [9.17, 15) is 14.4 Å². The van der Waals surface area contributed by atoms with Crippen LogP contribution in [0.4, 0.5) is 0 Å². The zero-order valence-electron chi connectivity index (χ0n) is 19.2. The van der Waals surface area contributed by atoms with Gasteiger partial charge in [0.2, 0.25) is 5.91 Å². The first kappa shape index (κ1) is 24.7. The molecule has 2 N–H and O–H groups in total. The highest BCUT2D eigenvalue weighted by Gasteiger charge is 2.23. The molecule has 0 fully saturated rings. The summed E-state index contributed by atoms with van der Waals surface area (Å²) in [6.45, 7) is 1.94. The van der Waals surface area contributed by atoms with Crippen molar-refractivity contribution in [3.05, 3.63) is 98.3 Å². The molecule has 3 aromatic carbocycles. The molecule has 0 aliphatic heterocycles. The number of hydrogen-bond donors (Lipinski definition) is 1. The average molecular weight is 581 g/mol. The molecule has 0 radical (unpaired) electrons. The van der Waals surface area contributed by atoms with E-state index >= 15 is 0 Å². The van der Waals surface area contributed by atoms with Crippen LogP contribution in [0.5, 0.6) is 5.75 Å². The molecule has 1 heterocycles. The Morgan fingerprint density at radius 3 is 2.49 bits per heavy atom. The number of fused-ring (bicyclic) bond motifs is 1. The minimum absolute atomic E-state index is 0.144. The summed E-state index contributed by atoms with van der Waals surface area (Å²) < 4.78 is 12.5. The Labute approximate surface area is 216 Å². The van der Waals surface area contributed by atoms with Gasteiger partial charge in [-0.3, -0.25) is 14.4 Å². The maximum atomic E-state index is 13.6. The molecule has 1 amide bonds. The van der Waals surface area contributed by atoms with Crippen LogP contribution in [0.25, 0.3) is 11.0 Å². The second-order valence-electron chi connectivity index (χ2n) is 8.36. The lowest BCUT2D eigenvalue weighted by Crippen LogP contribution is -2.11. The van der Waals surface area contributed by atoms with E-state index in [1.54, 1.807) is 18.2 Å². The van der Waals surface area contributed by atoms with E-state index in [0.29, 0.717) is 46.4 Å². The summed E-state index contributed by atoms with van der Waals surface area (Å²) in [5.74, 6) is -0.145. The fraction of sp³-hybridized carbons (Fsp3) is 0.179. The standard InChI is InChI=1S/C28H24INO5/c1-17-12-19(15-20(29)13-17)28(33)27-22-11-10-21(34-26(32)14-18-6-3-2-4-7-18)16-24(22)35-23(27)8-5-9-25(30)31/h2-4,6-7,10-13,15-16H,5,8-9,14H2,1H3,(H2,30,31). The number of benzene rings is 3. The normalized spacial score (nSPS) is 10.9. The van der Waals surface area contributed by atoms with Crippen molar-refractivity contribution in [1.29, 1.82) is 0 Å². The third-order valence-electron chi connectivity index (χ3n) is 5.52. The molecule has 0 saturated carbocycles. The molecule has 0 aliphatic rings. The second-order valence-corrected chi connectivity index (χ2v) is 9.61. The summed E-state index contributed by atoms with van der Waals surface area (Å²) in [5, 5.41) is 0.628. The fourth-order valence-corrected chi connectivity index (χ4v) is 4.81. The first-order valence-electron chi connectivity index (χ1n) is 11.2. The Morgan fingerprint density at radius 2 is 1.77 bits per heavy atom. The molecule has 35 heavy (non-hydrogen) atoms. The van der Waals surface area contributed by atoms with Gasteiger partial charge in [0.25, 0.3) is 0 Å². The minimum atomic E-state index is -0.408. The topological polar surface area (TPSA) is 99.6 Å². The molecule has 1 aromatic heterocycles. The third kappa shape index (κ3) is 6.16. The van der Waals surface area contributed by atoms with Crippen molar-refractivity contribution in [1.82, 2.24) is 0 Å². The van der Waals surface area contributed by atoms with Gasteiger partial charge in [-0.25, -0.2) is 0 Å². The average Bonchev–Trinajstić information content (AvgIpc) is 3.15. The van der Waals surface area contributed by atoms with Crippen LogP contribution in [0.1, 0.15) is 45.7 Å². The van der Waals surface area contributed by atoms with E-state index < -0.39 is 11.9 Å². The van der Waals surface area contributed by atoms with Gasteiger partial charge in [-0.05, 0) is 77.4 Å². The predicted molar refractivity (Wildman–Crippen MR) is 141 cm³/mol. The largest absolute Gasteiger partial charge is 0.460 e. The number of amides is 1. The van der Waals surface area contributed by atoms with E-state index in [4.69, 9.17) is 14.9 Å². The summed E-state index contributed by atoms with van der Waals surface area (Å²) in [7, 11) is 0. The van der Waals surface area contributed by atoms with Gasteiger partial charge < -0.3 is 14.9 Å². The third-order valence-corrected chi connectivity index (χ3v) is 6.14. The SMILES string of the molecule is Cc1cc(I)cc(C(=O)c2c(CCCC(N)=O)oc3cc(OC(=O)Cc4ccccc4)ccc23)c1. The molecule has 0 bridgehead atoms. The number of aryl methyl sites for hydroxylation is 2. The highest BCUT2D eigenvalue weighted by molar-refractivity contribution is 14.1. The summed E-state index contributed by atoms with van der Waals surface area (Å²) in [6.07, 6.45) is 1.17. The molecule has 178 valence electrons. The predicted octanol–water partition coefficient (Wildman–Crippen LogP) is 5.53. The molecule has 0 unspecified atom stereocenters. The number of ketones is 1. The maximum Gasteiger partial charge on any atom is 0.315 e. The van der Waals surface area contributed by atoms with E-state index in [1.807, 2.05) is 55.5 Å². The smallest absolute Gasteiger partial charge is 0.315 e. The summed E-state index contributed by atoms with van der Waals surface area (Å²) >= 11 is 2.19. The van der Waals surface area contributed by atoms with Crippen LogP contribution in [0.15, 0.2) is 71.1 Å². The monoisotopic (exact) mass is 581 g/mol. The molecule has 6 nitrogen and oxygen atoms in total. The lowest BCUT2D eigenvalue weighted by Gasteiger charge is -2.06. The first-order chi connectivity index (χ1) is 16.8. The summed E-state index contributed by atoms with van der Waals surface area (Å²) in [5.41, 5.74) is 8.58. The number of carbonyl (C=O) groups is 3. The quantitative estimate of drug-likeness (QED) is 0.121. The molecule has 4 rings (SSSR count). The Hall–Kier alpha value is -3.46. The van der Waals surface area contributed by atoms with Crippen molar-refractivity contribution in [3.8, 4) is 5.75 Å². The molecule has 0 spiro atoms. The van der Waals surface area contributed by atoms with E-state index in [-0.39, 0.29) is 18.6 Å². The van der Waals surface area contributed by atoms with Gasteiger partial charge in [0.05, 0.1) is 12.0 Å². The van der Waals surface area contributed by atoms with Gasteiger partial charge in [0.1, 0.15) is 17.1 Å². The van der Waals surface area contributed by atoms with Crippen LogP contribution < -0.4 is 10.5 Å². The zero-order valence-corrected chi connectivity index (χ0v) is 21.3. The lowest BCUT2D eigenvalue weighted by atomic mass is 9.97. The van der Waals surface area contributed by atoms with Gasteiger partial charge >= 0.3 is 5.97 Å². The number of furan rings is 1. The van der Waals surface area contributed by atoms with Crippen LogP contribution in [0, 0.1) is 10.5 Å². The van der Waals surface area contributed by atoms with Crippen LogP contribution in [-0.2, 0) is 22.4 Å². The van der Waals surface area contributed by atoms with Crippen molar-refractivity contribution in [3.63, 3.8) is 0 Å². The van der Waals surface area contributed by atoms with E-state index in [1.165, 1.54) is 0 Å². The number of nitrogens with two attached hydrogens (primary N) is 1. The minimum Gasteiger partial charge on any atom is -0.460 e. The van der Waals surface area contributed by atoms with Crippen LogP contribution in [-0.4, -0.2) is 17.7 Å². The van der Waals surface area contributed by atoms with Crippen molar-refractivity contribution in [2.45, 2.75) is 32.6 Å². The molecule has 0 atom stereocenters. The molecular weight excluding hydrogens is 557 g/mol. The van der Waals surface area contributed by atoms with Crippen molar-refractivity contribution in [2.75, 3.05) is 0 Å². The van der Waals surface area contributed by atoms with E-state index in [0.717, 1.165) is 14.7 Å². The number of carbonyl (C=O) groups excluding carboxylic acids is 3. The number of primary amides is 1. The summed E-state index contributed by atoms with van der Waals surface area (Å²) in [6, 6.07) is 20.0. The van der Waals surface area contributed by atoms with Crippen molar-refractivity contribution >= 4 is 51.2 Å². The number of hydrogen-bond acceptors (Lipinski definition) is 5. The Bertz CT molecular complexity index is 1390. The number of ether oxygens (including phenoxy) is 1. The fourth-order valence-electron chi connectivity index (χ4n) is 3.98. The van der Waals surface area contributed by atoms with Gasteiger partial charge in [0, 0.05) is 33.4 Å². The van der Waals surface area contributed by atoms with Crippen molar-refractivity contribution < 1.29 is 23.5 Å². The number of esters is 1. The molecule has 0 saturated heterocycles. The zero-order chi connectivity index (χ0) is 24.9. The van der Waals surface area contributed by atoms with Crippen LogP contribution in [0.2, 0.25) is 0 Å². The molecule has 0 aliphatic carbocycles. The van der Waals surface area contributed by atoms with Crippen LogP contribution >= 0.6 is 22.6 Å². The highest BCUT2D eigenvalue weighted by Crippen LogP contribution is 2.32. The number of rotatable bonds is 9. The number of halogens is 1. The molecular formula is C28H24INO5. The first-order valence-corrected chi connectivity index (χ1v) is 12.3. The summed E-state index contributed by atoms with van der Waals surface area (Å²) in [4.78, 5) is 37.2. The molecule has 7 heteroatoms. The Kier molecular flexibility index (Phi) is 7.65. The van der Waals surface area contributed by atoms with E-state index in [2.05, 4.69) is 22.6 Å². The molecule has 4 aromatic rings. The Balaban J connectivity index is 1.66. The van der Waals surface area contributed by atoms with Gasteiger partial charge in [-0.2, -0.15) is 0 Å². The van der Waals surface area contributed by atoms with Crippen molar-refractivity contribution in [2.24, 2.45) is 5.73 Å².